The van der Waals surface area contributed by atoms with E-state index in [9.17, 15) is 4.79 Å². The fraction of sp³-hybridized carbons (Fsp3) is 0.533. The minimum absolute atomic E-state index is 0.0587. The summed E-state index contributed by atoms with van der Waals surface area (Å²) in [6, 6.07) is 5.87. The Hall–Kier alpha value is -1.59. The molecular formula is C15H24N2O3. The lowest BCUT2D eigenvalue weighted by Gasteiger charge is -2.18. The number of aliphatic hydroxyl groups excluding tert-OH is 1. The van der Waals surface area contributed by atoms with E-state index >= 15 is 0 Å². The molecule has 3 N–H and O–H groups in total. The molecule has 0 fully saturated rings. The van der Waals surface area contributed by atoms with Gasteiger partial charge in [-0.15, -0.1) is 0 Å². The third kappa shape index (κ3) is 4.83. The fourth-order valence-electron chi connectivity index (χ4n) is 1.93. The highest BCUT2D eigenvalue weighted by Crippen LogP contribution is 2.20. The monoisotopic (exact) mass is 280 g/mol. The molecule has 0 bridgehead atoms. The number of benzene rings is 1. The summed E-state index contributed by atoms with van der Waals surface area (Å²) in [6.45, 7) is 4.90. The molecule has 0 aliphatic carbocycles. The van der Waals surface area contributed by atoms with Crippen LogP contribution in [0.15, 0.2) is 18.2 Å². The topological polar surface area (TPSA) is 70.6 Å². The van der Waals surface area contributed by atoms with Crippen LogP contribution in [-0.2, 0) is 4.74 Å². The van der Waals surface area contributed by atoms with Gasteiger partial charge in [-0.2, -0.15) is 0 Å². The van der Waals surface area contributed by atoms with Gasteiger partial charge in [0.2, 0.25) is 0 Å². The maximum atomic E-state index is 12.0. The Balaban J connectivity index is 2.76. The lowest BCUT2D eigenvalue weighted by atomic mass is 10.0. The van der Waals surface area contributed by atoms with Crippen molar-refractivity contribution in [3.8, 4) is 0 Å². The molecule has 0 heterocycles. The molecule has 0 saturated heterocycles. The Bertz CT molecular complexity index is 435. The van der Waals surface area contributed by atoms with E-state index in [4.69, 9.17) is 9.84 Å². The predicted molar refractivity (Wildman–Crippen MR) is 80.2 cm³/mol. The Kier molecular flexibility index (Phi) is 7.04. The standard InChI is InChI=1S/C15H24N2O3/c1-11(7-10-20-3)17-14-6-4-5-13(12(14)2)15(19)16-8-9-18/h4-6,11,17-18H,7-10H2,1-3H3,(H,16,19). The van der Waals surface area contributed by atoms with Crippen LogP contribution in [0.4, 0.5) is 5.69 Å². The summed E-state index contributed by atoms with van der Waals surface area (Å²) in [5.74, 6) is -0.162. The molecular weight excluding hydrogens is 256 g/mol. The minimum atomic E-state index is -0.162. The van der Waals surface area contributed by atoms with E-state index < -0.39 is 0 Å². The smallest absolute Gasteiger partial charge is 0.251 e. The quantitative estimate of drug-likeness (QED) is 0.676. The second-order valence-corrected chi connectivity index (χ2v) is 4.78. The lowest BCUT2D eigenvalue weighted by molar-refractivity contribution is 0.0944. The number of methoxy groups -OCH3 is 1. The van der Waals surface area contributed by atoms with Crippen molar-refractivity contribution in [2.24, 2.45) is 0 Å². The summed E-state index contributed by atoms with van der Waals surface area (Å²) in [7, 11) is 1.68. The van der Waals surface area contributed by atoms with E-state index in [-0.39, 0.29) is 25.1 Å². The van der Waals surface area contributed by atoms with Crippen LogP contribution in [0.5, 0.6) is 0 Å². The van der Waals surface area contributed by atoms with Gasteiger partial charge in [0.25, 0.3) is 5.91 Å². The zero-order valence-electron chi connectivity index (χ0n) is 12.4. The normalized spacial score (nSPS) is 12.0. The molecule has 1 aromatic rings. The highest BCUT2D eigenvalue weighted by Gasteiger charge is 2.12. The van der Waals surface area contributed by atoms with Crippen molar-refractivity contribution in [2.75, 3.05) is 32.2 Å². The molecule has 1 unspecified atom stereocenters. The van der Waals surface area contributed by atoms with Crippen molar-refractivity contribution in [2.45, 2.75) is 26.3 Å². The first-order chi connectivity index (χ1) is 9.60. The van der Waals surface area contributed by atoms with Crippen LogP contribution < -0.4 is 10.6 Å². The van der Waals surface area contributed by atoms with Crippen LogP contribution in [0.25, 0.3) is 0 Å². The number of hydrogen-bond donors (Lipinski definition) is 3. The zero-order chi connectivity index (χ0) is 15.0. The molecule has 1 rings (SSSR count). The molecule has 1 amide bonds. The van der Waals surface area contributed by atoms with Gasteiger partial charge in [-0.1, -0.05) is 6.07 Å². The lowest BCUT2D eigenvalue weighted by Crippen LogP contribution is -2.27. The van der Waals surface area contributed by atoms with Gasteiger partial charge in [0.1, 0.15) is 0 Å². The summed E-state index contributed by atoms with van der Waals surface area (Å²) in [4.78, 5) is 12.0. The summed E-state index contributed by atoms with van der Waals surface area (Å²) in [6.07, 6.45) is 0.900. The highest BCUT2D eigenvalue weighted by atomic mass is 16.5. The predicted octanol–water partition coefficient (Wildman–Crippen LogP) is 1.55. The van der Waals surface area contributed by atoms with E-state index in [0.717, 1.165) is 17.7 Å². The van der Waals surface area contributed by atoms with Gasteiger partial charge in [-0.3, -0.25) is 4.79 Å². The van der Waals surface area contributed by atoms with E-state index in [0.29, 0.717) is 12.2 Å². The molecule has 0 aromatic heterocycles. The Labute approximate surface area is 120 Å². The van der Waals surface area contributed by atoms with Gasteiger partial charge in [-0.05, 0) is 38.0 Å². The van der Waals surface area contributed by atoms with Gasteiger partial charge in [0.15, 0.2) is 0 Å². The van der Waals surface area contributed by atoms with Gasteiger partial charge < -0.3 is 20.5 Å². The first-order valence-corrected chi connectivity index (χ1v) is 6.84. The number of nitrogens with one attached hydrogen (secondary N) is 2. The molecule has 0 saturated carbocycles. The number of rotatable bonds is 8. The molecule has 0 spiro atoms. The van der Waals surface area contributed by atoms with Gasteiger partial charge in [0, 0.05) is 37.6 Å². The molecule has 1 atom stereocenters. The molecule has 0 aliphatic rings. The van der Waals surface area contributed by atoms with Crippen LogP contribution in [0, 0.1) is 6.92 Å². The Morgan fingerprint density at radius 3 is 2.85 bits per heavy atom. The van der Waals surface area contributed by atoms with Crippen LogP contribution >= 0.6 is 0 Å². The van der Waals surface area contributed by atoms with E-state index in [2.05, 4.69) is 17.6 Å². The Morgan fingerprint density at radius 1 is 1.45 bits per heavy atom. The van der Waals surface area contributed by atoms with Gasteiger partial charge in [-0.25, -0.2) is 0 Å². The second-order valence-electron chi connectivity index (χ2n) is 4.78. The Morgan fingerprint density at radius 2 is 2.20 bits per heavy atom. The van der Waals surface area contributed by atoms with E-state index in [1.807, 2.05) is 19.1 Å². The molecule has 20 heavy (non-hydrogen) atoms. The first kappa shape index (κ1) is 16.5. The van der Waals surface area contributed by atoms with Crippen LogP contribution in [0.1, 0.15) is 29.3 Å². The summed E-state index contributed by atoms with van der Waals surface area (Å²) in [5.41, 5.74) is 2.49. The maximum absolute atomic E-state index is 12.0. The summed E-state index contributed by atoms with van der Waals surface area (Å²) in [5, 5.41) is 14.8. The van der Waals surface area contributed by atoms with E-state index in [1.54, 1.807) is 13.2 Å². The van der Waals surface area contributed by atoms with Crippen molar-refractivity contribution in [1.82, 2.24) is 5.32 Å². The van der Waals surface area contributed by atoms with Gasteiger partial charge >= 0.3 is 0 Å². The average Bonchev–Trinajstić information content (AvgIpc) is 2.44. The summed E-state index contributed by atoms with van der Waals surface area (Å²) >= 11 is 0. The second kappa shape index (κ2) is 8.55. The number of amides is 1. The zero-order valence-corrected chi connectivity index (χ0v) is 12.4. The van der Waals surface area contributed by atoms with Crippen LogP contribution in [0.2, 0.25) is 0 Å². The number of carbonyl (C=O) groups excluding carboxylic acids is 1. The minimum Gasteiger partial charge on any atom is -0.395 e. The van der Waals surface area contributed by atoms with Gasteiger partial charge in [0.05, 0.1) is 6.61 Å². The van der Waals surface area contributed by atoms with Crippen molar-refractivity contribution in [3.63, 3.8) is 0 Å². The van der Waals surface area contributed by atoms with Crippen molar-refractivity contribution in [3.05, 3.63) is 29.3 Å². The molecule has 5 nitrogen and oxygen atoms in total. The van der Waals surface area contributed by atoms with Crippen LogP contribution in [-0.4, -0.2) is 43.9 Å². The molecule has 0 aliphatic heterocycles. The molecule has 5 heteroatoms. The average molecular weight is 280 g/mol. The van der Waals surface area contributed by atoms with Crippen molar-refractivity contribution in [1.29, 1.82) is 0 Å². The number of ether oxygens (including phenoxy) is 1. The molecule has 0 radical (unpaired) electrons. The molecule has 1 aromatic carbocycles. The number of anilines is 1. The third-order valence-corrected chi connectivity index (χ3v) is 3.13. The van der Waals surface area contributed by atoms with Crippen molar-refractivity contribution < 1.29 is 14.6 Å². The van der Waals surface area contributed by atoms with Crippen molar-refractivity contribution >= 4 is 11.6 Å². The van der Waals surface area contributed by atoms with E-state index in [1.165, 1.54) is 0 Å². The number of aliphatic hydroxyl groups is 1. The van der Waals surface area contributed by atoms with Crippen LogP contribution in [0.3, 0.4) is 0 Å². The number of carbonyl (C=O) groups is 1. The molecule has 112 valence electrons. The largest absolute Gasteiger partial charge is 0.395 e. The fourth-order valence-corrected chi connectivity index (χ4v) is 1.93. The highest BCUT2D eigenvalue weighted by molar-refractivity contribution is 5.97. The first-order valence-electron chi connectivity index (χ1n) is 6.84. The summed E-state index contributed by atoms with van der Waals surface area (Å²) < 4.78 is 5.06. The number of hydrogen-bond acceptors (Lipinski definition) is 4. The SMILES string of the molecule is COCCC(C)Nc1cccc(C(=O)NCCO)c1C. The third-order valence-electron chi connectivity index (χ3n) is 3.13. The maximum Gasteiger partial charge on any atom is 0.251 e.